The Morgan fingerprint density at radius 2 is 1.60 bits per heavy atom. The molecule has 43 heavy (non-hydrogen) atoms. The summed E-state index contributed by atoms with van der Waals surface area (Å²) in [6.07, 6.45) is 0.0681. The van der Waals surface area contributed by atoms with Crippen LogP contribution in [0.1, 0.15) is 30.0 Å². The maximum absolute atomic E-state index is 13.5. The molecular weight excluding hydrogens is 578 g/mol. The molecule has 8 nitrogen and oxygen atoms in total. The van der Waals surface area contributed by atoms with Crippen molar-refractivity contribution in [1.82, 2.24) is 9.62 Å². The third-order valence-electron chi connectivity index (χ3n) is 6.66. The van der Waals surface area contributed by atoms with E-state index in [1.165, 1.54) is 4.90 Å². The topological polar surface area (TPSA) is 102 Å². The first-order chi connectivity index (χ1) is 20.6. The van der Waals surface area contributed by atoms with Crippen LogP contribution >= 0.6 is 0 Å². The average molecular weight is 611 g/mol. The Hall–Kier alpha value is -4.51. The van der Waals surface area contributed by atoms with Crippen LogP contribution in [0, 0.1) is 11.6 Å². The maximum atomic E-state index is 13.5. The van der Waals surface area contributed by atoms with Crippen molar-refractivity contribution in [1.29, 1.82) is 0 Å². The van der Waals surface area contributed by atoms with Gasteiger partial charge in [0.05, 0.1) is 18.1 Å². The van der Waals surface area contributed by atoms with Crippen molar-refractivity contribution in [2.45, 2.75) is 37.6 Å². The summed E-state index contributed by atoms with van der Waals surface area (Å²) >= 11 is 0. The quantitative estimate of drug-likeness (QED) is 0.219. The Morgan fingerprint density at radius 1 is 0.860 bits per heavy atom. The van der Waals surface area contributed by atoms with Gasteiger partial charge in [0.15, 0.2) is 11.6 Å². The molecule has 4 aromatic carbocycles. The zero-order valence-corrected chi connectivity index (χ0v) is 24.6. The molecule has 2 amide bonds. The Balaban J connectivity index is 1.46. The molecule has 4 aromatic rings. The van der Waals surface area contributed by atoms with Crippen molar-refractivity contribution in [3.8, 4) is 5.75 Å². The van der Waals surface area contributed by atoms with Gasteiger partial charge in [-0.2, -0.15) is 0 Å². The van der Waals surface area contributed by atoms with E-state index in [0.29, 0.717) is 36.5 Å². The van der Waals surface area contributed by atoms with Crippen LogP contribution in [0.2, 0.25) is 0 Å². The van der Waals surface area contributed by atoms with Crippen LogP contribution in [0.4, 0.5) is 13.6 Å². The Kier molecular flexibility index (Phi) is 10.3. The van der Waals surface area contributed by atoms with Crippen molar-refractivity contribution in [3.05, 3.63) is 107 Å². The highest BCUT2D eigenvalue weighted by molar-refractivity contribution is 7.90. The summed E-state index contributed by atoms with van der Waals surface area (Å²) in [6, 6.07) is 21.6. The SMILES string of the molecule is CCOC(=O)N(C)Cc1ccc(CCC(=O)NS(=O)(=O)c2ccc(F)c(F)c2)c(OCCc2ccc3ccccc3c2)c1. The molecule has 0 aromatic heterocycles. The number of rotatable bonds is 12. The molecule has 1 N–H and O–H groups in total. The average Bonchev–Trinajstić information content (AvgIpc) is 2.98. The first-order valence-electron chi connectivity index (χ1n) is 13.7. The van der Waals surface area contributed by atoms with E-state index in [2.05, 4.69) is 12.1 Å². The smallest absolute Gasteiger partial charge is 0.409 e. The molecule has 226 valence electrons. The largest absolute Gasteiger partial charge is 0.493 e. The first kappa shape index (κ1) is 31.4. The maximum Gasteiger partial charge on any atom is 0.409 e. The molecule has 4 rings (SSSR count). The summed E-state index contributed by atoms with van der Waals surface area (Å²) in [6.45, 7) is 2.56. The van der Waals surface area contributed by atoms with Crippen molar-refractivity contribution < 1.29 is 36.3 Å². The van der Waals surface area contributed by atoms with Crippen molar-refractivity contribution in [2.75, 3.05) is 20.3 Å². The number of ether oxygens (including phenoxy) is 2. The number of nitrogens with zero attached hydrogens (tertiary/aromatic N) is 1. The lowest BCUT2D eigenvalue weighted by Crippen LogP contribution is -2.30. The van der Waals surface area contributed by atoms with E-state index in [9.17, 15) is 26.8 Å². The van der Waals surface area contributed by atoms with Gasteiger partial charge in [0.25, 0.3) is 10.0 Å². The number of hydrogen-bond donors (Lipinski definition) is 1. The molecule has 0 saturated heterocycles. The number of carbonyl (C=O) groups is 2. The molecule has 0 radical (unpaired) electrons. The van der Waals surface area contributed by atoms with Gasteiger partial charge in [-0.3, -0.25) is 4.79 Å². The highest BCUT2D eigenvalue weighted by Gasteiger charge is 2.20. The second-order valence-electron chi connectivity index (χ2n) is 9.88. The van der Waals surface area contributed by atoms with Crippen LogP contribution in [0.15, 0.2) is 83.8 Å². The molecule has 0 aliphatic heterocycles. The lowest BCUT2D eigenvalue weighted by atomic mass is 10.0. The molecule has 0 heterocycles. The van der Waals surface area contributed by atoms with Crippen LogP contribution in [0.25, 0.3) is 10.8 Å². The van der Waals surface area contributed by atoms with E-state index in [1.807, 2.05) is 35.1 Å². The number of hydrogen-bond acceptors (Lipinski definition) is 6. The fraction of sp³-hybridized carbons (Fsp3) is 0.250. The minimum atomic E-state index is -4.39. The molecule has 11 heteroatoms. The summed E-state index contributed by atoms with van der Waals surface area (Å²) in [5.41, 5.74) is 2.51. The van der Waals surface area contributed by atoms with E-state index in [1.54, 1.807) is 32.2 Å². The van der Waals surface area contributed by atoms with Crippen molar-refractivity contribution in [3.63, 3.8) is 0 Å². The van der Waals surface area contributed by atoms with E-state index < -0.39 is 38.6 Å². The molecular formula is C32H32F2N2O6S. The number of carbonyl (C=O) groups excluding carboxylic acids is 2. The third-order valence-corrected chi connectivity index (χ3v) is 8.03. The monoisotopic (exact) mass is 610 g/mol. The molecule has 0 bridgehead atoms. The highest BCUT2D eigenvalue weighted by atomic mass is 32.2. The Bertz CT molecular complexity index is 1730. The van der Waals surface area contributed by atoms with Gasteiger partial charge in [-0.25, -0.2) is 26.7 Å². The lowest BCUT2D eigenvalue weighted by molar-refractivity contribution is -0.119. The van der Waals surface area contributed by atoms with Gasteiger partial charge >= 0.3 is 6.09 Å². The fourth-order valence-electron chi connectivity index (χ4n) is 4.44. The van der Waals surface area contributed by atoms with E-state index in [0.717, 1.165) is 28.0 Å². The predicted octanol–water partition coefficient (Wildman–Crippen LogP) is 5.77. The number of aryl methyl sites for hydroxylation is 1. The van der Waals surface area contributed by atoms with Gasteiger partial charge in [-0.05, 0) is 65.1 Å². The van der Waals surface area contributed by atoms with Gasteiger partial charge < -0.3 is 14.4 Å². The first-order valence-corrected chi connectivity index (χ1v) is 15.1. The number of benzene rings is 4. The Labute approximate surface area is 249 Å². The van der Waals surface area contributed by atoms with Crippen LogP contribution in [-0.4, -0.2) is 45.6 Å². The highest BCUT2D eigenvalue weighted by Crippen LogP contribution is 2.24. The minimum absolute atomic E-state index is 0.137. The Morgan fingerprint density at radius 3 is 2.35 bits per heavy atom. The second kappa shape index (κ2) is 14.1. The van der Waals surface area contributed by atoms with Crippen LogP contribution in [0.3, 0.4) is 0 Å². The van der Waals surface area contributed by atoms with Gasteiger partial charge in [0.1, 0.15) is 5.75 Å². The third kappa shape index (κ3) is 8.51. The number of halogens is 2. The van der Waals surface area contributed by atoms with E-state index in [-0.39, 0.29) is 26.0 Å². The molecule has 0 aliphatic rings. The molecule has 0 aliphatic carbocycles. The normalized spacial score (nSPS) is 11.3. The predicted molar refractivity (Wildman–Crippen MR) is 158 cm³/mol. The molecule has 0 spiro atoms. The lowest BCUT2D eigenvalue weighted by Gasteiger charge is -2.18. The fourth-order valence-corrected chi connectivity index (χ4v) is 5.46. The van der Waals surface area contributed by atoms with Gasteiger partial charge in [0.2, 0.25) is 5.91 Å². The van der Waals surface area contributed by atoms with Crippen molar-refractivity contribution >= 4 is 32.8 Å². The van der Waals surface area contributed by atoms with E-state index >= 15 is 0 Å². The standard InChI is InChI=1S/C32H32F2N2O6S/c1-3-41-32(38)36(2)21-23-9-11-25(12-15-31(37)35-43(39,40)27-13-14-28(33)29(34)20-27)30(19-23)42-17-16-22-8-10-24-6-4-5-7-26(24)18-22/h4-11,13-14,18-20H,3,12,15-17,21H2,1-2H3,(H,35,37). The summed E-state index contributed by atoms with van der Waals surface area (Å²) in [5, 5.41) is 2.26. The molecule has 0 unspecified atom stereocenters. The second-order valence-corrected chi connectivity index (χ2v) is 11.6. The summed E-state index contributed by atoms with van der Waals surface area (Å²) in [7, 11) is -2.78. The summed E-state index contributed by atoms with van der Waals surface area (Å²) in [4.78, 5) is 25.5. The number of nitrogens with one attached hydrogen (secondary N) is 1. The number of sulfonamides is 1. The van der Waals surface area contributed by atoms with E-state index in [4.69, 9.17) is 9.47 Å². The molecule has 0 saturated carbocycles. The molecule has 0 atom stereocenters. The van der Waals surface area contributed by atoms with Gasteiger partial charge in [0, 0.05) is 26.4 Å². The molecule has 0 fully saturated rings. The van der Waals surface area contributed by atoms with Crippen LogP contribution in [0.5, 0.6) is 5.75 Å². The van der Waals surface area contributed by atoms with Crippen LogP contribution < -0.4 is 9.46 Å². The van der Waals surface area contributed by atoms with Crippen LogP contribution in [-0.2, 0) is 38.9 Å². The minimum Gasteiger partial charge on any atom is -0.493 e. The summed E-state index contributed by atoms with van der Waals surface area (Å²) in [5.74, 6) is -2.87. The zero-order chi connectivity index (χ0) is 31.0. The van der Waals surface area contributed by atoms with Crippen molar-refractivity contribution in [2.24, 2.45) is 0 Å². The number of amides is 2. The zero-order valence-electron chi connectivity index (χ0n) is 23.8. The van der Waals surface area contributed by atoms with Gasteiger partial charge in [-0.15, -0.1) is 0 Å². The number of fused-ring (bicyclic) bond motifs is 1. The van der Waals surface area contributed by atoms with Gasteiger partial charge in [-0.1, -0.05) is 54.6 Å². The summed E-state index contributed by atoms with van der Waals surface area (Å²) < 4.78 is 64.9.